The molecule has 4 aromatic rings. The third-order valence-corrected chi connectivity index (χ3v) is 5.71. The van der Waals surface area contributed by atoms with E-state index in [-0.39, 0.29) is 6.03 Å². The molecule has 32 heavy (non-hydrogen) atoms. The van der Waals surface area contributed by atoms with Gasteiger partial charge < -0.3 is 14.8 Å². The quantitative estimate of drug-likeness (QED) is 0.454. The van der Waals surface area contributed by atoms with Gasteiger partial charge in [0.2, 0.25) is 0 Å². The van der Waals surface area contributed by atoms with Gasteiger partial charge in [0.05, 0.1) is 18.3 Å². The Balaban J connectivity index is 1.59. The molecule has 2 amide bonds. The summed E-state index contributed by atoms with van der Waals surface area (Å²) in [4.78, 5) is 15.1. The Kier molecular flexibility index (Phi) is 5.19. The summed E-state index contributed by atoms with van der Waals surface area (Å²) in [5, 5.41) is 2.97. The minimum Gasteiger partial charge on any atom is -0.334 e. The first-order valence-electron chi connectivity index (χ1n) is 10.4. The van der Waals surface area contributed by atoms with Crippen molar-refractivity contribution >= 4 is 6.03 Å². The third-order valence-electron chi connectivity index (χ3n) is 5.71. The van der Waals surface area contributed by atoms with Gasteiger partial charge in [0.25, 0.3) is 0 Å². The topological polar surface area (TPSA) is 37.3 Å². The molecule has 1 aliphatic rings. The van der Waals surface area contributed by atoms with Gasteiger partial charge >= 0.3 is 6.03 Å². The van der Waals surface area contributed by atoms with Gasteiger partial charge in [0.15, 0.2) is 0 Å². The summed E-state index contributed by atoms with van der Waals surface area (Å²) in [7, 11) is 0. The number of nitrogens with one attached hydrogen (secondary N) is 1. The van der Waals surface area contributed by atoms with Crippen LogP contribution in [0.2, 0.25) is 0 Å². The number of hydrogen-bond donors (Lipinski definition) is 1. The molecule has 160 valence electrons. The molecule has 5 rings (SSSR count). The largest absolute Gasteiger partial charge is 0.334 e. The van der Waals surface area contributed by atoms with E-state index in [0.29, 0.717) is 18.7 Å². The van der Waals surface area contributed by atoms with Crippen LogP contribution in [0, 0.1) is 11.6 Å². The summed E-state index contributed by atoms with van der Waals surface area (Å²) in [5.74, 6) is -1.35. The van der Waals surface area contributed by atoms with Crippen molar-refractivity contribution < 1.29 is 13.6 Å². The molecule has 0 radical (unpaired) electrons. The van der Waals surface area contributed by atoms with Crippen LogP contribution in [0.1, 0.15) is 28.4 Å². The van der Waals surface area contributed by atoms with E-state index in [2.05, 4.69) is 5.32 Å². The van der Waals surface area contributed by atoms with Gasteiger partial charge in [-0.25, -0.2) is 13.6 Å². The van der Waals surface area contributed by atoms with Crippen LogP contribution in [0.25, 0.3) is 5.69 Å². The molecule has 6 heteroatoms. The summed E-state index contributed by atoms with van der Waals surface area (Å²) in [6, 6.07) is 23.6. The third kappa shape index (κ3) is 3.75. The molecule has 1 aliphatic heterocycles. The van der Waals surface area contributed by atoms with Crippen LogP contribution in [0.4, 0.5) is 13.6 Å². The molecule has 1 aromatic heterocycles. The van der Waals surface area contributed by atoms with Crippen LogP contribution in [0.15, 0.2) is 91.1 Å². The van der Waals surface area contributed by atoms with Crippen LogP contribution in [0.5, 0.6) is 0 Å². The molecule has 2 heterocycles. The fraction of sp³-hybridized carbons (Fsp3) is 0.115. The fourth-order valence-corrected chi connectivity index (χ4v) is 4.30. The summed E-state index contributed by atoms with van der Waals surface area (Å²) >= 11 is 0. The van der Waals surface area contributed by atoms with Crippen molar-refractivity contribution in [3.05, 3.63) is 125 Å². The molecule has 3 aromatic carbocycles. The van der Waals surface area contributed by atoms with E-state index >= 15 is 0 Å². The number of halogens is 2. The van der Waals surface area contributed by atoms with Crippen LogP contribution in [0.3, 0.4) is 0 Å². The van der Waals surface area contributed by atoms with Gasteiger partial charge in [-0.1, -0.05) is 48.5 Å². The molecule has 0 spiro atoms. The van der Waals surface area contributed by atoms with Gasteiger partial charge in [-0.15, -0.1) is 0 Å². The SMILES string of the molecule is O=C(NCc1ccccc1)N1Cc2ccccc2-n2cccc2C1c1cc(F)cc(F)c1. The number of carbonyl (C=O) groups is 1. The van der Waals surface area contributed by atoms with Crippen LogP contribution >= 0.6 is 0 Å². The molecular formula is C26H21F2N3O. The Hall–Kier alpha value is -3.93. The highest BCUT2D eigenvalue weighted by Crippen LogP contribution is 2.37. The number of para-hydroxylation sites is 1. The highest BCUT2D eigenvalue weighted by Gasteiger charge is 2.33. The Labute approximate surface area is 184 Å². The maximum Gasteiger partial charge on any atom is 0.318 e. The highest BCUT2D eigenvalue weighted by atomic mass is 19.1. The van der Waals surface area contributed by atoms with Crippen molar-refractivity contribution in [1.82, 2.24) is 14.8 Å². The summed E-state index contributed by atoms with van der Waals surface area (Å²) in [5.41, 5.74) is 3.99. The lowest BCUT2D eigenvalue weighted by Gasteiger charge is -2.31. The highest BCUT2D eigenvalue weighted by molar-refractivity contribution is 5.76. The number of hydrogen-bond acceptors (Lipinski definition) is 1. The molecule has 0 saturated heterocycles. The Morgan fingerprint density at radius 3 is 2.41 bits per heavy atom. The number of amides is 2. The number of benzene rings is 3. The van der Waals surface area contributed by atoms with Crippen molar-refractivity contribution in [3.8, 4) is 5.69 Å². The minimum absolute atomic E-state index is 0.293. The van der Waals surface area contributed by atoms with Crippen molar-refractivity contribution in [2.75, 3.05) is 0 Å². The maximum absolute atomic E-state index is 14.2. The molecule has 4 nitrogen and oxygen atoms in total. The number of carbonyl (C=O) groups excluding carboxylic acids is 1. The van der Waals surface area contributed by atoms with Crippen molar-refractivity contribution in [2.24, 2.45) is 0 Å². The van der Waals surface area contributed by atoms with E-state index in [4.69, 9.17) is 0 Å². The lowest BCUT2D eigenvalue weighted by atomic mass is 10.0. The number of rotatable bonds is 3. The van der Waals surface area contributed by atoms with E-state index in [1.165, 1.54) is 12.1 Å². The van der Waals surface area contributed by atoms with E-state index < -0.39 is 17.7 Å². The molecule has 0 bridgehead atoms. The van der Waals surface area contributed by atoms with Gasteiger partial charge in [-0.05, 0) is 47.0 Å². The second kappa shape index (κ2) is 8.30. The zero-order chi connectivity index (χ0) is 22.1. The number of aromatic nitrogens is 1. The summed E-state index contributed by atoms with van der Waals surface area (Å²) < 4.78 is 30.3. The van der Waals surface area contributed by atoms with Crippen molar-refractivity contribution in [2.45, 2.75) is 19.1 Å². The van der Waals surface area contributed by atoms with E-state index in [1.807, 2.05) is 77.5 Å². The van der Waals surface area contributed by atoms with Crippen molar-refractivity contribution in [3.63, 3.8) is 0 Å². The van der Waals surface area contributed by atoms with Gasteiger partial charge in [0.1, 0.15) is 11.6 Å². The average molecular weight is 429 g/mol. The standard InChI is InChI=1S/C26H21F2N3O/c27-21-13-20(14-22(28)15-21)25-24-11-6-12-30(24)23-10-5-4-9-19(23)17-31(25)26(32)29-16-18-7-2-1-3-8-18/h1-15,25H,16-17H2,(H,29,32). The molecule has 0 saturated carbocycles. The van der Waals surface area contributed by atoms with Crippen molar-refractivity contribution in [1.29, 1.82) is 0 Å². The fourth-order valence-electron chi connectivity index (χ4n) is 4.30. The maximum atomic E-state index is 14.2. The van der Waals surface area contributed by atoms with Crippen LogP contribution in [-0.4, -0.2) is 15.5 Å². The Morgan fingerprint density at radius 2 is 1.62 bits per heavy atom. The zero-order valence-corrected chi connectivity index (χ0v) is 17.2. The minimum atomic E-state index is -0.676. The first-order valence-corrected chi connectivity index (χ1v) is 10.4. The normalized spacial score (nSPS) is 14.9. The molecule has 0 aliphatic carbocycles. The van der Waals surface area contributed by atoms with Crippen LogP contribution in [-0.2, 0) is 13.1 Å². The molecule has 1 atom stereocenters. The predicted octanol–water partition coefficient (Wildman–Crippen LogP) is 5.57. The lowest BCUT2D eigenvalue weighted by Crippen LogP contribution is -2.41. The second-order valence-electron chi connectivity index (χ2n) is 7.81. The average Bonchev–Trinajstić information content (AvgIpc) is 3.21. The molecular weight excluding hydrogens is 408 g/mol. The van der Waals surface area contributed by atoms with E-state index in [9.17, 15) is 13.6 Å². The van der Waals surface area contributed by atoms with E-state index in [0.717, 1.165) is 28.6 Å². The number of urea groups is 1. The summed E-state index contributed by atoms with van der Waals surface area (Å²) in [6.45, 7) is 0.643. The van der Waals surface area contributed by atoms with Gasteiger partial charge in [-0.2, -0.15) is 0 Å². The number of nitrogens with zero attached hydrogens (tertiary/aromatic N) is 2. The lowest BCUT2D eigenvalue weighted by molar-refractivity contribution is 0.180. The van der Waals surface area contributed by atoms with Gasteiger partial charge in [-0.3, -0.25) is 0 Å². The smallest absolute Gasteiger partial charge is 0.318 e. The predicted molar refractivity (Wildman–Crippen MR) is 118 cm³/mol. The van der Waals surface area contributed by atoms with Gasteiger partial charge in [0, 0.05) is 24.5 Å². The summed E-state index contributed by atoms with van der Waals surface area (Å²) in [6.07, 6.45) is 1.90. The zero-order valence-electron chi connectivity index (χ0n) is 17.2. The molecule has 1 unspecified atom stereocenters. The second-order valence-corrected chi connectivity index (χ2v) is 7.81. The first-order chi connectivity index (χ1) is 15.6. The van der Waals surface area contributed by atoms with Crippen LogP contribution < -0.4 is 5.32 Å². The Bertz CT molecular complexity index is 1250. The first kappa shape index (κ1) is 20.0. The monoisotopic (exact) mass is 429 g/mol. The molecule has 0 fully saturated rings. The Morgan fingerprint density at radius 1 is 0.906 bits per heavy atom. The molecule has 1 N–H and O–H groups in total. The number of fused-ring (bicyclic) bond motifs is 3. The van der Waals surface area contributed by atoms with E-state index in [1.54, 1.807) is 4.90 Å².